The van der Waals surface area contributed by atoms with E-state index < -0.39 is 0 Å². The van der Waals surface area contributed by atoms with Gasteiger partial charge in [-0.3, -0.25) is 0 Å². The van der Waals surface area contributed by atoms with Crippen molar-refractivity contribution in [1.29, 1.82) is 0 Å². The van der Waals surface area contributed by atoms with Crippen LogP contribution in [0.15, 0.2) is 18.2 Å². The molecule has 1 rings (SSSR count). The molecule has 2 heteroatoms. The minimum Gasteiger partial charge on any atom is -0.388 e. The predicted octanol–water partition coefficient (Wildman–Crippen LogP) is 3.46. The summed E-state index contributed by atoms with van der Waals surface area (Å²) in [5.74, 6) is 0. The van der Waals surface area contributed by atoms with E-state index in [-0.39, 0.29) is 6.10 Å². The number of nitrogens with zero attached hydrogens (tertiary/aromatic N) is 1. The van der Waals surface area contributed by atoms with E-state index in [1.54, 1.807) is 0 Å². The van der Waals surface area contributed by atoms with Gasteiger partial charge in [-0.15, -0.1) is 0 Å². The molecule has 0 aliphatic rings. The van der Waals surface area contributed by atoms with Gasteiger partial charge in [-0.25, -0.2) is 0 Å². The van der Waals surface area contributed by atoms with Gasteiger partial charge in [0.15, 0.2) is 0 Å². The van der Waals surface area contributed by atoms with Crippen LogP contribution in [0.25, 0.3) is 0 Å². The van der Waals surface area contributed by atoms with Crippen LogP contribution in [0.1, 0.15) is 49.0 Å². The van der Waals surface area contributed by atoms with Crippen molar-refractivity contribution in [1.82, 2.24) is 4.90 Å². The number of aryl methyl sites for hydroxylation is 2. The van der Waals surface area contributed by atoms with Crippen molar-refractivity contribution in [2.24, 2.45) is 0 Å². The third-order valence-electron chi connectivity index (χ3n) is 3.31. The van der Waals surface area contributed by atoms with Crippen molar-refractivity contribution in [3.63, 3.8) is 0 Å². The lowest BCUT2D eigenvalue weighted by Crippen LogP contribution is -2.22. The second-order valence-electron chi connectivity index (χ2n) is 5.38. The van der Waals surface area contributed by atoms with Gasteiger partial charge < -0.3 is 10.0 Å². The highest BCUT2D eigenvalue weighted by Crippen LogP contribution is 2.19. The van der Waals surface area contributed by atoms with Crippen molar-refractivity contribution in [2.75, 3.05) is 20.1 Å². The Morgan fingerprint density at radius 1 is 1.11 bits per heavy atom. The molecule has 0 aromatic heterocycles. The Balaban J connectivity index is 2.47. The Hall–Kier alpha value is -0.860. The van der Waals surface area contributed by atoms with E-state index in [1.165, 1.54) is 24.0 Å². The van der Waals surface area contributed by atoms with Gasteiger partial charge in [-0.1, -0.05) is 42.7 Å². The summed E-state index contributed by atoms with van der Waals surface area (Å²) in [6, 6.07) is 6.32. The molecule has 1 unspecified atom stereocenters. The first-order chi connectivity index (χ1) is 8.52. The lowest BCUT2D eigenvalue weighted by atomic mass is 10.0. The average Bonchev–Trinajstić information content (AvgIpc) is 2.32. The van der Waals surface area contributed by atoms with E-state index in [0.29, 0.717) is 0 Å². The van der Waals surface area contributed by atoms with Crippen LogP contribution in [0.3, 0.4) is 0 Å². The van der Waals surface area contributed by atoms with Gasteiger partial charge in [-0.05, 0) is 45.8 Å². The highest BCUT2D eigenvalue weighted by atomic mass is 16.3. The van der Waals surface area contributed by atoms with Gasteiger partial charge in [0.1, 0.15) is 0 Å². The summed E-state index contributed by atoms with van der Waals surface area (Å²) >= 11 is 0. The number of hydrogen-bond acceptors (Lipinski definition) is 2. The molecule has 0 heterocycles. The molecule has 0 bridgehead atoms. The minimum absolute atomic E-state index is 0.340. The quantitative estimate of drug-likeness (QED) is 0.800. The monoisotopic (exact) mass is 249 g/mol. The van der Waals surface area contributed by atoms with Crippen LogP contribution >= 0.6 is 0 Å². The number of aliphatic hydroxyl groups excluding tert-OH is 1. The Bertz CT molecular complexity index is 342. The molecule has 18 heavy (non-hydrogen) atoms. The summed E-state index contributed by atoms with van der Waals surface area (Å²) < 4.78 is 0. The molecule has 1 N–H and O–H groups in total. The average molecular weight is 249 g/mol. The second kappa shape index (κ2) is 7.55. The topological polar surface area (TPSA) is 23.5 Å². The zero-order chi connectivity index (χ0) is 13.5. The van der Waals surface area contributed by atoms with Gasteiger partial charge >= 0.3 is 0 Å². The maximum absolute atomic E-state index is 10.2. The van der Waals surface area contributed by atoms with Gasteiger partial charge in [-0.2, -0.15) is 0 Å². The van der Waals surface area contributed by atoms with E-state index in [4.69, 9.17) is 0 Å². The lowest BCUT2D eigenvalue weighted by molar-refractivity contribution is 0.148. The van der Waals surface area contributed by atoms with E-state index in [1.807, 2.05) is 0 Å². The molecule has 0 aliphatic carbocycles. The summed E-state index contributed by atoms with van der Waals surface area (Å²) in [5.41, 5.74) is 3.50. The summed E-state index contributed by atoms with van der Waals surface area (Å²) in [7, 11) is 2.13. The minimum atomic E-state index is -0.340. The lowest BCUT2D eigenvalue weighted by Gasteiger charge is -2.19. The van der Waals surface area contributed by atoms with E-state index in [2.05, 4.69) is 50.9 Å². The molecule has 0 aliphatic heterocycles. The molecule has 0 spiro atoms. The number of unbranched alkanes of at least 4 members (excludes halogenated alkanes) is 1. The molecule has 1 aromatic carbocycles. The van der Waals surface area contributed by atoms with Crippen LogP contribution in [0.2, 0.25) is 0 Å². The molecule has 0 saturated carbocycles. The normalized spacial score (nSPS) is 13.0. The molecule has 0 fully saturated rings. The summed E-state index contributed by atoms with van der Waals surface area (Å²) in [4.78, 5) is 2.30. The van der Waals surface area contributed by atoms with E-state index >= 15 is 0 Å². The summed E-state index contributed by atoms with van der Waals surface area (Å²) in [6.45, 7) is 8.44. The standard InChI is InChI=1S/C16H27NO/c1-5-6-8-17(4)9-7-16(18)15-11-13(2)10-14(3)12-15/h10-12,16,18H,5-9H2,1-4H3. The number of aliphatic hydroxyl groups is 1. The molecule has 0 amide bonds. The molecular weight excluding hydrogens is 222 g/mol. The van der Waals surface area contributed by atoms with Gasteiger partial charge in [0.25, 0.3) is 0 Å². The van der Waals surface area contributed by atoms with E-state index in [0.717, 1.165) is 25.1 Å². The largest absolute Gasteiger partial charge is 0.388 e. The molecule has 1 aromatic rings. The summed E-state index contributed by atoms with van der Waals surface area (Å²) in [5, 5.41) is 10.2. The molecule has 1 atom stereocenters. The first-order valence-electron chi connectivity index (χ1n) is 6.97. The fraction of sp³-hybridized carbons (Fsp3) is 0.625. The first kappa shape index (κ1) is 15.2. The van der Waals surface area contributed by atoms with Crippen LogP contribution in [0, 0.1) is 13.8 Å². The number of rotatable bonds is 7. The summed E-state index contributed by atoms with van der Waals surface area (Å²) in [6.07, 6.45) is 2.93. The molecular formula is C16H27NO. The van der Waals surface area contributed by atoms with Crippen molar-refractivity contribution in [3.05, 3.63) is 34.9 Å². The SMILES string of the molecule is CCCCN(C)CCC(O)c1cc(C)cc(C)c1. The van der Waals surface area contributed by atoms with Crippen LogP contribution in [-0.4, -0.2) is 30.1 Å². The van der Waals surface area contributed by atoms with Crippen LogP contribution in [0.4, 0.5) is 0 Å². The first-order valence-corrected chi connectivity index (χ1v) is 6.97. The van der Waals surface area contributed by atoms with E-state index in [9.17, 15) is 5.11 Å². The van der Waals surface area contributed by atoms with Crippen molar-refractivity contribution < 1.29 is 5.11 Å². The third-order valence-corrected chi connectivity index (χ3v) is 3.31. The molecule has 0 saturated heterocycles. The zero-order valence-electron chi connectivity index (χ0n) is 12.2. The third kappa shape index (κ3) is 5.19. The second-order valence-corrected chi connectivity index (χ2v) is 5.38. The maximum Gasteiger partial charge on any atom is 0.0802 e. The Morgan fingerprint density at radius 2 is 1.72 bits per heavy atom. The fourth-order valence-electron chi connectivity index (χ4n) is 2.25. The van der Waals surface area contributed by atoms with Crippen LogP contribution < -0.4 is 0 Å². The molecule has 102 valence electrons. The Labute approximate surface area is 112 Å². The van der Waals surface area contributed by atoms with Crippen molar-refractivity contribution >= 4 is 0 Å². The highest BCUT2D eigenvalue weighted by molar-refractivity contribution is 5.29. The fourth-order valence-corrected chi connectivity index (χ4v) is 2.25. The van der Waals surface area contributed by atoms with Crippen LogP contribution in [0.5, 0.6) is 0 Å². The van der Waals surface area contributed by atoms with Crippen molar-refractivity contribution in [3.8, 4) is 0 Å². The smallest absolute Gasteiger partial charge is 0.0802 e. The van der Waals surface area contributed by atoms with Gasteiger partial charge in [0.05, 0.1) is 6.10 Å². The van der Waals surface area contributed by atoms with Crippen molar-refractivity contribution in [2.45, 2.75) is 46.1 Å². The molecule has 0 radical (unpaired) electrons. The number of benzene rings is 1. The maximum atomic E-state index is 10.2. The number of hydrogen-bond donors (Lipinski definition) is 1. The van der Waals surface area contributed by atoms with Gasteiger partial charge in [0.2, 0.25) is 0 Å². The predicted molar refractivity (Wildman–Crippen MR) is 77.9 cm³/mol. The van der Waals surface area contributed by atoms with Crippen LogP contribution in [-0.2, 0) is 0 Å². The molecule has 2 nitrogen and oxygen atoms in total. The Morgan fingerprint density at radius 3 is 2.28 bits per heavy atom. The Kier molecular flexibility index (Phi) is 6.37. The zero-order valence-corrected chi connectivity index (χ0v) is 12.2. The van der Waals surface area contributed by atoms with Gasteiger partial charge in [0, 0.05) is 6.54 Å². The highest BCUT2D eigenvalue weighted by Gasteiger charge is 2.09.